The number of nitrogens with one attached hydrogen (secondary N) is 1. The third kappa shape index (κ3) is 5.11. The second-order valence-corrected chi connectivity index (χ2v) is 6.03. The van der Waals surface area contributed by atoms with Crippen LogP contribution < -0.4 is 5.32 Å². The van der Waals surface area contributed by atoms with Gasteiger partial charge in [0.15, 0.2) is 0 Å². The van der Waals surface area contributed by atoms with E-state index in [1.165, 1.54) is 5.56 Å². The summed E-state index contributed by atoms with van der Waals surface area (Å²) in [5.41, 5.74) is 1.32. The molecule has 2 rings (SSSR count). The average Bonchev–Trinajstić information content (AvgIpc) is 2.37. The minimum atomic E-state index is 0.536. The molecule has 0 radical (unpaired) electrons. The van der Waals surface area contributed by atoms with Gasteiger partial charge >= 0.3 is 0 Å². The zero-order valence-electron chi connectivity index (χ0n) is 11.9. The molecule has 4 heteroatoms. The van der Waals surface area contributed by atoms with Crippen molar-refractivity contribution in [1.29, 1.82) is 0 Å². The van der Waals surface area contributed by atoms with Crippen LogP contribution in [-0.2, 0) is 6.42 Å². The molecule has 1 aliphatic rings. The molecule has 1 aromatic carbocycles. The van der Waals surface area contributed by atoms with E-state index in [4.69, 9.17) is 11.6 Å². The quantitative estimate of drug-likeness (QED) is 0.887. The van der Waals surface area contributed by atoms with Crippen molar-refractivity contribution in [3.8, 4) is 0 Å². The molecular weight excluding hydrogens is 258 g/mol. The maximum absolute atomic E-state index is 6.04. The molecule has 1 heterocycles. The van der Waals surface area contributed by atoms with Crippen LogP contribution in [0, 0.1) is 0 Å². The van der Waals surface area contributed by atoms with Crippen molar-refractivity contribution in [3.05, 3.63) is 34.9 Å². The fourth-order valence-corrected chi connectivity index (χ4v) is 2.74. The maximum atomic E-state index is 6.04. The van der Waals surface area contributed by atoms with E-state index in [2.05, 4.69) is 41.3 Å². The second kappa shape index (κ2) is 7.25. The summed E-state index contributed by atoms with van der Waals surface area (Å²) >= 11 is 6.04. The number of likely N-dealkylation sites (N-methyl/N-ethyl adjacent to an activating group) is 1. The first-order valence-electron chi connectivity index (χ1n) is 6.98. The van der Waals surface area contributed by atoms with Crippen LogP contribution in [-0.4, -0.2) is 62.7 Å². The fraction of sp³-hybridized carbons (Fsp3) is 0.600. The number of hydrogen-bond acceptors (Lipinski definition) is 3. The first-order chi connectivity index (χ1) is 9.13. The molecule has 3 nitrogen and oxygen atoms in total. The molecule has 0 spiro atoms. The first-order valence-corrected chi connectivity index (χ1v) is 7.36. The van der Waals surface area contributed by atoms with Crippen molar-refractivity contribution in [2.75, 3.05) is 46.8 Å². The summed E-state index contributed by atoms with van der Waals surface area (Å²) < 4.78 is 0. The van der Waals surface area contributed by atoms with Crippen LogP contribution >= 0.6 is 11.6 Å². The largest absolute Gasteiger partial charge is 0.311 e. The van der Waals surface area contributed by atoms with Gasteiger partial charge in [0.2, 0.25) is 0 Å². The van der Waals surface area contributed by atoms with Crippen molar-refractivity contribution in [2.24, 2.45) is 0 Å². The van der Waals surface area contributed by atoms with E-state index in [1.807, 2.05) is 12.1 Å². The van der Waals surface area contributed by atoms with Crippen LogP contribution in [0.5, 0.6) is 0 Å². The molecule has 0 bridgehead atoms. The van der Waals surface area contributed by atoms with Gasteiger partial charge in [-0.1, -0.05) is 23.7 Å². The Hall–Kier alpha value is -0.610. The Morgan fingerprint density at radius 2 is 2.26 bits per heavy atom. The number of halogens is 1. The lowest BCUT2D eigenvalue weighted by molar-refractivity contribution is 0.183. The zero-order chi connectivity index (χ0) is 13.7. The van der Waals surface area contributed by atoms with Crippen LogP contribution in [0.1, 0.15) is 5.56 Å². The molecular formula is C15H24ClN3. The van der Waals surface area contributed by atoms with Crippen molar-refractivity contribution in [3.63, 3.8) is 0 Å². The Bertz CT molecular complexity index is 395. The lowest BCUT2D eigenvalue weighted by atomic mass is 10.0. The Morgan fingerprint density at radius 3 is 3.00 bits per heavy atom. The van der Waals surface area contributed by atoms with Gasteiger partial charge in [-0.25, -0.2) is 0 Å². The van der Waals surface area contributed by atoms with Gasteiger partial charge in [-0.2, -0.15) is 0 Å². The lowest BCUT2D eigenvalue weighted by Gasteiger charge is -2.34. The highest BCUT2D eigenvalue weighted by Gasteiger charge is 2.19. The highest BCUT2D eigenvalue weighted by molar-refractivity contribution is 6.30. The Morgan fingerprint density at radius 1 is 1.42 bits per heavy atom. The summed E-state index contributed by atoms with van der Waals surface area (Å²) in [5, 5.41) is 4.44. The van der Waals surface area contributed by atoms with Gasteiger partial charge < -0.3 is 10.2 Å². The van der Waals surface area contributed by atoms with Gasteiger partial charge in [0.25, 0.3) is 0 Å². The van der Waals surface area contributed by atoms with Crippen LogP contribution in [0.4, 0.5) is 0 Å². The van der Waals surface area contributed by atoms with Crippen molar-refractivity contribution in [1.82, 2.24) is 15.1 Å². The average molecular weight is 282 g/mol. The van der Waals surface area contributed by atoms with Crippen molar-refractivity contribution < 1.29 is 0 Å². The number of piperazine rings is 1. The molecule has 19 heavy (non-hydrogen) atoms. The molecule has 106 valence electrons. The predicted molar refractivity (Wildman–Crippen MR) is 81.9 cm³/mol. The van der Waals surface area contributed by atoms with Crippen LogP contribution in [0.25, 0.3) is 0 Å². The van der Waals surface area contributed by atoms with E-state index in [1.54, 1.807) is 0 Å². The third-order valence-corrected chi connectivity index (χ3v) is 3.81. The van der Waals surface area contributed by atoms with E-state index >= 15 is 0 Å². The number of nitrogens with zero attached hydrogens (tertiary/aromatic N) is 2. The molecule has 1 aliphatic heterocycles. The van der Waals surface area contributed by atoms with E-state index in [9.17, 15) is 0 Å². The molecule has 1 atom stereocenters. The van der Waals surface area contributed by atoms with Gasteiger partial charge in [0, 0.05) is 43.8 Å². The Balaban J connectivity index is 1.83. The summed E-state index contributed by atoms with van der Waals surface area (Å²) in [6.45, 7) is 5.64. The molecule has 1 fully saturated rings. The highest BCUT2D eigenvalue weighted by atomic mass is 35.5. The summed E-state index contributed by atoms with van der Waals surface area (Å²) in [6.07, 6.45) is 1.05. The first kappa shape index (κ1) is 14.8. The van der Waals surface area contributed by atoms with Gasteiger partial charge in [-0.05, 0) is 38.2 Å². The summed E-state index contributed by atoms with van der Waals surface area (Å²) in [7, 11) is 4.26. The summed E-state index contributed by atoms with van der Waals surface area (Å²) in [6, 6.07) is 8.73. The van der Waals surface area contributed by atoms with Gasteiger partial charge in [0.1, 0.15) is 0 Å². The van der Waals surface area contributed by atoms with Gasteiger partial charge in [-0.15, -0.1) is 0 Å². The zero-order valence-corrected chi connectivity index (χ0v) is 12.7. The molecule has 0 aromatic heterocycles. The molecule has 0 aliphatic carbocycles. The Labute approximate surface area is 121 Å². The van der Waals surface area contributed by atoms with Gasteiger partial charge in [-0.3, -0.25) is 4.90 Å². The lowest BCUT2D eigenvalue weighted by Crippen LogP contribution is -2.52. The second-order valence-electron chi connectivity index (χ2n) is 5.59. The molecule has 1 saturated heterocycles. The fourth-order valence-electron chi connectivity index (χ4n) is 2.52. The molecule has 1 N–H and O–H groups in total. The molecule has 1 aromatic rings. The van der Waals surface area contributed by atoms with E-state index < -0.39 is 0 Å². The predicted octanol–water partition coefficient (Wildman–Crippen LogP) is 1.72. The summed E-state index contributed by atoms with van der Waals surface area (Å²) in [5.74, 6) is 0. The van der Waals surface area contributed by atoms with E-state index in [0.717, 1.165) is 44.2 Å². The topological polar surface area (TPSA) is 18.5 Å². The van der Waals surface area contributed by atoms with Crippen molar-refractivity contribution in [2.45, 2.75) is 12.5 Å². The van der Waals surface area contributed by atoms with Gasteiger partial charge in [0.05, 0.1) is 0 Å². The van der Waals surface area contributed by atoms with Crippen LogP contribution in [0.2, 0.25) is 5.02 Å². The highest BCUT2D eigenvalue weighted by Crippen LogP contribution is 2.13. The summed E-state index contributed by atoms with van der Waals surface area (Å²) in [4.78, 5) is 4.79. The molecule has 1 unspecified atom stereocenters. The van der Waals surface area contributed by atoms with Crippen LogP contribution in [0.3, 0.4) is 0 Å². The Kier molecular flexibility index (Phi) is 5.64. The SMILES string of the molecule is CN(C)CCN1CCNC(Cc2cccc(Cl)c2)C1. The standard InChI is InChI=1S/C15H24ClN3/c1-18(2)8-9-19-7-6-17-15(12-19)11-13-4-3-5-14(16)10-13/h3-5,10,15,17H,6-9,11-12H2,1-2H3. The monoisotopic (exact) mass is 281 g/mol. The van der Waals surface area contributed by atoms with Crippen LogP contribution in [0.15, 0.2) is 24.3 Å². The number of rotatable bonds is 5. The smallest absolute Gasteiger partial charge is 0.0408 e. The molecule has 0 amide bonds. The minimum absolute atomic E-state index is 0.536. The van der Waals surface area contributed by atoms with Crippen molar-refractivity contribution >= 4 is 11.6 Å². The van der Waals surface area contributed by atoms with E-state index in [-0.39, 0.29) is 0 Å². The number of benzene rings is 1. The van der Waals surface area contributed by atoms with E-state index in [0.29, 0.717) is 6.04 Å². The number of hydrogen-bond donors (Lipinski definition) is 1. The maximum Gasteiger partial charge on any atom is 0.0408 e. The third-order valence-electron chi connectivity index (χ3n) is 3.57. The normalized spacial score (nSPS) is 20.9. The minimum Gasteiger partial charge on any atom is -0.311 e. The molecule has 0 saturated carbocycles.